The summed E-state index contributed by atoms with van der Waals surface area (Å²) in [6, 6.07) is 0. The first-order valence-electron chi connectivity index (χ1n) is 7.30. The lowest BCUT2D eigenvalue weighted by atomic mass is 9.89. The summed E-state index contributed by atoms with van der Waals surface area (Å²) in [5.74, 6) is 0.271. The van der Waals surface area contributed by atoms with Crippen LogP contribution in [0.5, 0.6) is 0 Å². The molecule has 118 valence electrons. The molecule has 1 aliphatic heterocycles. The molecule has 2 heterocycles. The van der Waals surface area contributed by atoms with Gasteiger partial charge in [0.1, 0.15) is 5.88 Å². The summed E-state index contributed by atoms with van der Waals surface area (Å²) < 4.78 is 10.4. The fourth-order valence-electron chi connectivity index (χ4n) is 2.72. The molecule has 0 atom stereocenters. The van der Waals surface area contributed by atoms with Crippen LogP contribution in [0.4, 0.5) is 5.88 Å². The molecule has 7 nitrogen and oxygen atoms in total. The van der Waals surface area contributed by atoms with E-state index in [9.17, 15) is 4.79 Å². The second-order valence-electron chi connectivity index (χ2n) is 5.31. The molecular weight excluding hydrogens is 296 g/mol. The number of amides is 1. The lowest BCUT2D eigenvalue weighted by Gasteiger charge is -2.26. The van der Waals surface area contributed by atoms with Crippen molar-refractivity contribution >= 4 is 24.2 Å². The Labute approximate surface area is 130 Å². The summed E-state index contributed by atoms with van der Waals surface area (Å²) >= 11 is 0. The van der Waals surface area contributed by atoms with Gasteiger partial charge in [-0.25, -0.2) is 0 Å². The lowest BCUT2D eigenvalue weighted by Crippen LogP contribution is -2.62. The summed E-state index contributed by atoms with van der Waals surface area (Å²) in [6.45, 7) is 2.86. The van der Waals surface area contributed by atoms with Gasteiger partial charge in [-0.1, -0.05) is 19.3 Å². The molecule has 3 rings (SSSR count). The van der Waals surface area contributed by atoms with Gasteiger partial charge in [0.15, 0.2) is 0 Å². The monoisotopic (exact) mass is 316 g/mol. The van der Waals surface area contributed by atoms with E-state index in [1.807, 2.05) is 5.01 Å². The number of aromatic nitrogens is 2. The molecular formula is C13H21ClN4O3. The standard InChI is InChI=1S/C13H20N4O3.ClH/c18-13(11-4-2-1-3-5-11)14-12-10-17(15-20-12)16-6-8-19-9-7-16;/h10-11H,1-9H2;1H. The van der Waals surface area contributed by atoms with Crippen LogP contribution in [0.1, 0.15) is 32.1 Å². The largest absolute Gasteiger partial charge is 0.588 e. The van der Waals surface area contributed by atoms with Crippen molar-refractivity contribution in [3.8, 4) is 0 Å². The van der Waals surface area contributed by atoms with E-state index < -0.39 is 0 Å². The van der Waals surface area contributed by atoms with Crippen molar-refractivity contribution in [2.45, 2.75) is 32.1 Å². The Bertz CT molecular complexity index is 456. The van der Waals surface area contributed by atoms with Crippen LogP contribution < -0.4 is 9.80 Å². The maximum Gasteiger partial charge on any atom is 0.257 e. The molecule has 1 aromatic heterocycles. The van der Waals surface area contributed by atoms with Gasteiger partial charge in [0.05, 0.1) is 37.0 Å². The van der Waals surface area contributed by atoms with E-state index in [4.69, 9.17) is 9.26 Å². The average Bonchev–Trinajstić information content (AvgIpc) is 2.97. The molecule has 0 radical (unpaired) electrons. The minimum atomic E-state index is -0.0741. The number of halogens is 1. The number of hydrogen-bond donors (Lipinski definition) is 0. The van der Waals surface area contributed by atoms with Gasteiger partial charge in [-0.2, -0.15) is 0 Å². The third-order valence-electron chi connectivity index (χ3n) is 3.90. The zero-order valence-electron chi connectivity index (χ0n) is 11.9. The van der Waals surface area contributed by atoms with Gasteiger partial charge in [-0.05, 0) is 12.8 Å². The zero-order chi connectivity index (χ0) is 13.8. The molecule has 0 spiro atoms. The highest BCUT2D eigenvalue weighted by Gasteiger charge is 2.22. The molecule has 2 aliphatic rings. The quantitative estimate of drug-likeness (QED) is 0.789. The molecule has 1 aromatic rings. The van der Waals surface area contributed by atoms with Crippen molar-refractivity contribution in [2.24, 2.45) is 5.92 Å². The molecule has 0 N–H and O–H groups in total. The predicted octanol–water partition coefficient (Wildman–Crippen LogP) is 1.46. The van der Waals surface area contributed by atoms with Gasteiger partial charge in [-0.15, -0.1) is 17.4 Å². The van der Waals surface area contributed by atoms with E-state index in [1.165, 1.54) is 6.42 Å². The molecule has 0 bridgehead atoms. The Morgan fingerprint density at radius 3 is 2.71 bits per heavy atom. The Morgan fingerprint density at radius 2 is 2.00 bits per heavy atom. The second-order valence-corrected chi connectivity index (χ2v) is 5.31. The molecule has 1 amide bonds. The second kappa shape index (κ2) is 7.61. The molecule has 1 saturated carbocycles. The number of ether oxygens (including phenoxy) is 1. The highest BCUT2D eigenvalue weighted by atomic mass is 35.5. The van der Waals surface area contributed by atoms with E-state index in [2.05, 4.69) is 10.6 Å². The fraction of sp³-hybridized carbons (Fsp3) is 0.769. The number of morpholine rings is 1. The molecule has 1 aliphatic carbocycles. The fourth-order valence-corrected chi connectivity index (χ4v) is 2.72. The van der Waals surface area contributed by atoms with Crippen LogP contribution in [0.25, 0.3) is 5.32 Å². The van der Waals surface area contributed by atoms with Gasteiger partial charge in [0, 0.05) is 5.92 Å². The van der Waals surface area contributed by atoms with Crippen LogP contribution in [0.3, 0.4) is 0 Å². The smallest absolute Gasteiger partial charge is 0.257 e. The third kappa shape index (κ3) is 4.07. The summed E-state index contributed by atoms with van der Waals surface area (Å²) in [6.07, 6.45) is 7.02. The Kier molecular flexibility index (Phi) is 5.81. The van der Waals surface area contributed by atoms with Crippen LogP contribution in [-0.4, -0.2) is 37.5 Å². The van der Waals surface area contributed by atoms with Gasteiger partial charge in [0.25, 0.3) is 6.20 Å². The van der Waals surface area contributed by atoms with E-state index in [0.717, 1.165) is 38.8 Å². The van der Waals surface area contributed by atoms with Gasteiger partial charge >= 0.3 is 0 Å². The third-order valence-corrected chi connectivity index (χ3v) is 3.90. The molecule has 21 heavy (non-hydrogen) atoms. The van der Waals surface area contributed by atoms with Crippen LogP contribution in [0.15, 0.2) is 10.7 Å². The van der Waals surface area contributed by atoms with E-state index in [0.29, 0.717) is 13.2 Å². The van der Waals surface area contributed by atoms with Gasteiger partial charge in [-0.3, -0.25) is 0 Å². The summed E-state index contributed by atoms with van der Waals surface area (Å²) in [5, 5.41) is 9.95. The highest BCUT2D eigenvalue weighted by molar-refractivity contribution is 5.96. The van der Waals surface area contributed by atoms with Crippen LogP contribution in [-0.2, 0) is 9.53 Å². The van der Waals surface area contributed by atoms with Crippen molar-refractivity contribution in [1.29, 1.82) is 0 Å². The normalized spacial score (nSPS) is 19.9. The summed E-state index contributed by atoms with van der Waals surface area (Å²) in [4.78, 5) is 13.7. The zero-order valence-corrected chi connectivity index (χ0v) is 12.8. The molecule has 0 aromatic carbocycles. The van der Waals surface area contributed by atoms with Gasteiger partial charge in [0.2, 0.25) is 5.27 Å². The Balaban J connectivity index is 0.00000161. The summed E-state index contributed by atoms with van der Waals surface area (Å²) in [5.41, 5.74) is 0. The first kappa shape index (κ1) is 16.0. The molecule has 0 unspecified atom stereocenters. The molecule has 8 heteroatoms. The number of nitrogens with zero attached hydrogens (tertiary/aromatic N) is 4. The van der Waals surface area contributed by atoms with Crippen LogP contribution in [0, 0.1) is 5.92 Å². The van der Waals surface area contributed by atoms with E-state index in [-0.39, 0.29) is 30.1 Å². The van der Waals surface area contributed by atoms with Crippen molar-refractivity contribution in [1.82, 2.24) is 5.27 Å². The van der Waals surface area contributed by atoms with Crippen molar-refractivity contribution in [3.05, 3.63) is 11.5 Å². The topological polar surface area (TPSA) is 73.6 Å². The minimum absolute atomic E-state index is 0. The Hall–Kier alpha value is -1.34. The van der Waals surface area contributed by atoms with Crippen molar-refractivity contribution in [2.75, 3.05) is 31.3 Å². The minimum Gasteiger partial charge on any atom is -0.588 e. The maximum atomic E-state index is 12.1. The van der Waals surface area contributed by atoms with Gasteiger partial charge < -0.3 is 19.4 Å². The predicted molar refractivity (Wildman–Crippen MR) is 77.3 cm³/mol. The number of rotatable bonds is 3. The number of carbonyl (C=O) groups excluding carboxylic acids is 1. The van der Waals surface area contributed by atoms with E-state index >= 15 is 0 Å². The maximum absolute atomic E-state index is 12.1. The molecule has 2 fully saturated rings. The summed E-state index contributed by atoms with van der Waals surface area (Å²) in [7, 11) is 0. The van der Waals surface area contributed by atoms with Crippen molar-refractivity contribution in [3.63, 3.8) is 0 Å². The van der Waals surface area contributed by atoms with Crippen molar-refractivity contribution < 1.29 is 18.8 Å². The Morgan fingerprint density at radius 1 is 1.29 bits per heavy atom. The first-order chi connectivity index (χ1) is 9.83. The lowest BCUT2D eigenvalue weighted by molar-refractivity contribution is -0.759. The van der Waals surface area contributed by atoms with Crippen LogP contribution in [0.2, 0.25) is 0 Å². The number of carbonyl (C=O) groups is 1. The average molecular weight is 317 g/mol. The first-order valence-corrected chi connectivity index (χ1v) is 7.30. The molecule has 1 saturated heterocycles. The van der Waals surface area contributed by atoms with E-state index in [1.54, 1.807) is 11.0 Å². The highest BCUT2D eigenvalue weighted by Crippen LogP contribution is 2.28. The van der Waals surface area contributed by atoms with Crippen LogP contribution >= 0.6 is 12.4 Å². The number of hydrogen-bond acceptors (Lipinski definition) is 5. The SMILES string of the molecule is Cl.O=C([N-]c1c[n+](N2CCOCC2)no1)C1CCCCC1.